The molecule has 1 aliphatic carbocycles. The van der Waals surface area contributed by atoms with Gasteiger partial charge in [-0.25, -0.2) is 0 Å². The molecule has 8 rings (SSSR count). The van der Waals surface area contributed by atoms with Crippen molar-refractivity contribution in [2.45, 2.75) is 52.4 Å². The van der Waals surface area contributed by atoms with Crippen LogP contribution in [0.2, 0.25) is 0 Å². The average Bonchev–Trinajstić information content (AvgIpc) is 3.48. The Balaban J connectivity index is 0.000000164. The van der Waals surface area contributed by atoms with E-state index in [2.05, 4.69) is 109 Å². The molecule has 7 aromatic rings. The summed E-state index contributed by atoms with van der Waals surface area (Å²) in [5.74, 6) is 0. The molecule has 0 bridgehead atoms. The van der Waals surface area contributed by atoms with Crippen LogP contribution < -0.4 is 0 Å². The van der Waals surface area contributed by atoms with Crippen LogP contribution in [0.1, 0.15) is 52.7 Å². The Labute approximate surface area is 290 Å². The Bertz CT molecular complexity index is 2130. The van der Waals surface area contributed by atoms with E-state index in [0.29, 0.717) is 0 Å². The zero-order valence-corrected chi connectivity index (χ0v) is 29.9. The standard InChI is InChI=1S/C21H13N4.C20H24N.Ir/c1-2-9-24-19(6-1)15-4-3-5-16(12-15)25-20-7-10-22-13-17(20)18-14-23-11-8-21(18)25;1-18(2)15-11-10-14(17-9-7-8-12-21-17)13-16(15)19(3,4)20(18,5)6;/h1-3,5-14H;7-9,11-13H,1-6H3;/q2*-1;. The van der Waals surface area contributed by atoms with Crippen LogP contribution in [-0.4, -0.2) is 24.5 Å². The van der Waals surface area contributed by atoms with Crippen LogP contribution in [0.3, 0.4) is 0 Å². The molecule has 1 aliphatic rings. The summed E-state index contributed by atoms with van der Waals surface area (Å²) in [6, 6.07) is 33.3. The summed E-state index contributed by atoms with van der Waals surface area (Å²) in [7, 11) is 0. The van der Waals surface area contributed by atoms with Gasteiger partial charge < -0.3 is 14.5 Å². The zero-order chi connectivity index (χ0) is 32.1. The summed E-state index contributed by atoms with van der Waals surface area (Å²) in [5, 5.41) is 2.19. The second kappa shape index (κ2) is 12.3. The van der Waals surface area contributed by atoms with Gasteiger partial charge in [-0.05, 0) is 57.6 Å². The van der Waals surface area contributed by atoms with Crippen LogP contribution in [0, 0.1) is 17.5 Å². The van der Waals surface area contributed by atoms with Gasteiger partial charge in [-0.1, -0.05) is 65.8 Å². The fraction of sp³-hybridized carbons (Fsp3) is 0.220. The van der Waals surface area contributed by atoms with Gasteiger partial charge in [0, 0.05) is 68.1 Å². The van der Waals surface area contributed by atoms with Gasteiger partial charge in [0.15, 0.2) is 0 Å². The molecule has 0 fully saturated rings. The third-order valence-electron chi connectivity index (χ3n) is 10.7. The van der Waals surface area contributed by atoms with Gasteiger partial charge in [0.05, 0.1) is 11.0 Å². The molecule has 5 aromatic heterocycles. The topological polar surface area (TPSA) is 56.5 Å². The molecular formula is C41H37IrN5-2. The summed E-state index contributed by atoms with van der Waals surface area (Å²) in [6.45, 7) is 14.2. The number of benzene rings is 2. The SMILES string of the molecule is CC1(C)c2c[c-]c(-c3ccccn3)cc2C(C)(C)C1(C)C.[Ir].[c-]1ccc(-n2c3ccncc3c3cnccc32)cc1-c1ccccn1. The number of hydrogen-bond donors (Lipinski definition) is 0. The predicted octanol–water partition coefficient (Wildman–Crippen LogP) is 9.58. The molecule has 1 radical (unpaired) electrons. The molecule has 0 unspecified atom stereocenters. The van der Waals surface area contributed by atoms with E-state index in [1.165, 1.54) is 11.1 Å². The van der Waals surface area contributed by atoms with Gasteiger partial charge in [0.25, 0.3) is 0 Å². The van der Waals surface area contributed by atoms with Crippen molar-refractivity contribution < 1.29 is 20.1 Å². The Hall–Kier alpha value is -4.51. The minimum Gasteiger partial charge on any atom is -0.327 e. The molecule has 0 atom stereocenters. The Kier molecular flexibility index (Phi) is 8.46. The second-order valence-corrected chi connectivity index (χ2v) is 13.6. The molecule has 237 valence electrons. The first kappa shape index (κ1) is 32.4. The largest absolute Gasteiger partial charge is 0.327 e. The molecule has 0 amide bonds. The molecular weight excluding hydrogens is 755 g/mol. The van der Waals surface area contributed by atoms with E-state index in [1.807, 2.05) is 79.5 Å². The van der Waals surface area contributed by atoms with Crippen LogP contribution in [-0.2, 0) is 30.9 Å². The number of hydrogen-bond acceptors (Lipinski definition) is 4. The number of fused-ring (bicyclic) bond motifs is 4. The minimum absolute atomic E-state index is 0. The molecule has 0 saturated heterocycles. The quantitative estimate of drug-likeness (QED) is 0.168. The van der Waals surface area contributed by atoms with Crippen molar-refractivity contribution in [1.82, 2.24) is 24.5 Å². The molecule has 5 heterocycles. The van der Waals surface area contributed by atoms with E-state index in [9.17, 15) is 0 Å². The van der Waals surface area contributed by atoms with Gasteiger partial charge in [0.1, 0.15) is 0 Å². The van der Waals surface area contributed by atoms with E-state index in [1.54, 1.807) is 6.20 Å². The Morgan fingerprint density at radius 3 is 1.70 bits per heavy atom. The molecule has 0 N–H and O–H groups in total. The second-order valence-electron chi connectivity index (χ2n) is 13.6. The smallest absolute Gasteiger partial charge is 0.0555 e. The first-order chi connectivity index (χ1) is 22.1. The van der Waals surface area contributed by atoms with Crippen molar-refractivity contribution in [1.29, 1.82) is 0 Å². The summed E-state index contributed by atoms with van der Waals surface area (Å²) < 4.78 is 2.23. The van der Waals surface area contributed by atoms with Crippen LogP contribution in [0.5, 0.6) is 0 Å². The van der Waals surface area contributed by atoms with Crippen LogP contribution >= 0.6 is 0 Å². The van der Waals surface area contributed by atoms with Gasteiger partial charge >= 0.3 is 0 Å². The Morgan fingerprint density at radius 1 is 0.596 bits per heavy atom. The fourth-order valence-corrected chi connectivity index (χ4v) is 6.90. The van der Waals surface area contributed by atoms with Crippen molar-refractivity contribution >= 4 is 21.8 Å². The third kappa shape index (κ3) is 5.30. The van der Waals surface area contributed by atoms with E-state index < -0.39 is 0 Å². The number of nitrogens with zero attached hydrogens (tertiary/aromatic N) is 5. The maximum Gasteiger partial charge on any atom is 0.0555 e. The minimum atomic E-state index is 0. The summed E-state index contributed by atoms with van der Waals surface area (Å²) in [6.07, 6.45) is 11.1. The molecule has 47 heavy (non-hydrogen) atoms. The molecule has 6 heteroatoms. The van der Waals surface area contributed by atoms with Crippen molar-refractivity contribution in [3.05, 3.63) is 139 Å². The Morgan fingerprint density at radius 2 is 1.15 bits per heavy atom. The summed E-state index contributed by atoms with van der Waals surface area (Å²) in [4.78, 5) is 17.5. The molecule has 2 aromatic carbocycles. The first-order valence-corrected chi connectivity index (χ1v) is 15.7. The van der Waals surface area contributed by atoms with E-state index in [-0.39, 0.29) is 36.4 Å². The molecule has 0 saturated carbocycles. The normalized spacial score (nSPS) is 15.4. The number of rotatable bonds is 3. The van der Waals surface area contributed by atoms with E-state index >= 15 is 0 Å². The van der Waals surface area contributed by atoms with Crippen molar-refractivity contribution in [2.24, 2.45) is 5.41 Å². The maximum atomic E-state index is 4.46. The monoisotopic (exact) mass is 792 g/mol. The van der Waals surface area contributed by atoms with Gasteiger partial charge in [0.2, 0.25) is 0 Å². The first-order valence-electron chi connectivity index (χ1n) is 15.7. The van der Waals surface area contributed by atoms with E-state index in [0.717, 1.165) is 50.0 Å². The molecule has 5 nitrogen and oxygen atoms in total. The van der Waals surface area contributed by atoms with Crippen LogP contribution in [0.15, 0.2) is 116 Å². The van der Waals surface area contributed by atoms with Crippen molar-refractivity contribution in [2.75, 3.05) is 0 Å². The fourth-order valence-electron chi connectivity index (χ4n) is 6.90. The van der Waals surface area contributed by atoms with Gasteiger partial charge in [-0.3, -0.25) is 9.97 Å². The molecule has 0 aliphatic heterocycles. The van der Waals surface area contributed by atoms with Crippen LogP contribution in [0.25, 0.3) is 50.0 Å². The van der Waals surface area contributed by atoms with Gasteiger partial charge in [-0.15, -0.1) is 64.7 Å². The zero-order valence-electron chi connectivity index (χ0n) is 27.5. The third-order valence-corrected chi connectivity index (χ3v) is 10.7. The van der Waals surface area contributed by atoms with Crippen molar-refractivity contribution in [3.63, 3.8) is 0 Å². The van der Waals surface area contributed by atoms with Crippen LogP contribution in [0.4, 0.5) is 0 Å². The number of pyridine rings is 4. The van der Waals surface area contributed by atoms with Gasteiger partial charge in [-0.2, -0.15) is 0 Å². The maximum absolute atomic E-state index is 4.46. The number of aromatic nitrogens is 5. The predicted molar refractivity (Wildman–Crippen MR) is 187 cm³/mol. The summed E-state index contributed by atoms with van der Waals surface area (Å²) in [5.41, 5.74) is 10.6. The van der Waals surface area contributed by atoms with E-state index in [4.69, 9.17) is 0 Å². The molecule has 0 spiro atoms. The van der Waals surface area contributed by atoms with Crippen molar-refractivity contribution in [3.8, 4) is 28.2 Å². The summed E-state index contributed by atoms with van der Waals surface area (Å²) >= 11 is 0. The average molecular weight is 792 g/mol.